The summed E-state index contributed by atoms with van der Waals surface area (Å²) in [6.45, 7) is 3.10. The second-order valence-corrected chi connectivity index (χ2v) is 5.19. The highest BCUT2D eigenvalue weighted by molar-refractivity contribution is 6.18. The summed E-state index contributed by atoms with van der Waals surface area (Å²) >= 11 is 5.84. The van der Waals surface area contributed by atoms with Gasteiger partial charge in [0.2, 0.25) is 0 Å². The lowest BCUT2D eigenvalue weighted by atomic mass is 9.99. The Morgan fingerprint density at radius 3 is 3.00 bits per heavy atom. The second kappa shape index (κ2) is 5.70. The molecule has 0 aliphatic carbocycles. The number of likely N-dealkylation sites (tertiary alicyclic amines) is 1. The van der Waals surface area contributed by atoms with Gasteiger partial charge in [0.15, 0.2) is 0 Å². The van der Waals surface area contributed by atoms with Gasteiger partial charge in [-0.25, -0.2) is 4.39 Å². The Balaban J connectivity index is 2.12. The molecule has 1 fully saturated rings. The van der Waals surface area contributed by atoms with Crippen molar-refractivity contribution in [2.45, 2.75) is 19.8 Å². The van der Waals surface area contributed by atoms with Crippen LogP contribution in [-0.2, 0) is 0 Å². The highest BCUT2D eigenvalue weighted by Crippen LogP contribution is 2.20. The third-order valence-electron chi connectivity index (χ3n) is 3.44. The Bertz CT molecular complexity index is 449. The second-order valence-electron chi connectivity index (χ2n) is 4.88. The van der Waals surface area contributed by atoms with Gasteiger partial charge < -0.3 is 4.90 Å². The fourth-order valence-corrected chi connectivity index (χ4v) is 2.54. The molecule has 0 bridgehead atoms. The SMILES string of the molecule is Cc1ccc(C(=O)N2CCCC(CCl)C2)cc1F. The average molecular weight is 270 g/mol. The summed E-state index contributed by atoms with van der Waals surface area (Å²) in [5.74, 6) is 0.515. The fourth-order valence-electron chi connectivity index (χ4n) is 2.28. The fraction of sp³-hybridized carbons (Fsp3) is 0.500. The highest BCUT2D eigenvalue weighted by Gasteiger charge is 2.24. The van der Waals surface area contributed by atoms with E-state index in [-0.39, 0.29) is 11.7 Å². The van der Waals surface area contributed by atoms with Crippen LogP contribution in [0.3, 0.4) is 0 Å². The zero-order valence-corrected chi connectivity index (χ0v) is 11.2. The minimum absolute atomic E-state index is 0.0938. The first-order valence-corrected chi connectivity index (χ1v) is 6.76. The molecule has 1 atom stereocenters. The molecule has 0 radical (unpaired) electrons. The summed E-state index contributed by atoms with van der Waals surface area (Å²) in [7, 11) is 0. The van der Waals surface area contributed by atoms with Crippen LogP contribution in [0.1, 0.15) is 28.8 Å². The molecule has 0 saturated carbocycles. The minimum Gasteiger partial charge on any atom is -0.338 e. The molecule has 0 N–H and O–H groups in total. The summed E-state index contributed by atoms with van der Waals surface area (Å²) in [4.78, 5) is 14.0. The van der Waals surface area contributed by atoms with Crippen molar-refractivity contribution in [2.75, 3.05) is 19.0 Å². The zero-order chi connectivity index (χ0) is 13.1. The normalized spacial score (nSPS) is 19.9. The van der Waals surface area contributed by atoms with E-state index in [2.05, 4.69) is 0 Å². The van der Waals surface area contributed by atoms with Crippen LogP contribution in [0.25, 0.3) is 0 Å². The van der Waals surface area contributed by atoms with Crippen molar-refractivity contribution < 1.29 is 9.18 Å². The van der Waals surface area contributed by atoms with Crippen molar-refractivity contribution in [1.82, 2.24) is 4.90 Å². The molecule has 1 heterocycles. The molecule has 1 aliphatic heterocycles. The van der Waals surface area contributed by atoms with Gasteiger partial charge in [-0.05, 0) is 43.4 Å². The third kappa shape index (κ3) is 2.83. The number of piperidine rings is 1. The van der Waals surface area contributed by atoms with Crippen LogP contribution < -0.4 is 0 Å². The van der Waals surface area contributed by atoms with E-state index in [1.165, 1.54) is 6.07 Å². The lowest BCUT2D eigenvalue weighted by Crippen LogP contribution is -2.40. The number of aryl methyl sites for hydroxylation is 1. The number of hydrogen-bond acceptors (Lipinski definition) is 1. The van der Waals surface area contributed by atoms with Crippen LogP contribution in [0.15, 0.2) is 18.2 Å². The molecule has 98 valence electrons. The standard InChI is InChI=1S/C14H17ClFNO/c1-10-4-5-12(7-13(10)16)14(18)17-6-2-3-11(8-15)9-17/h4-5,7,11H,2-3,6,8-9H2,1H3. The van der Waals surface area contributed by atoms with Gasteiger partial charge >= 0.3 is 0 Å². The van der Waals surface area contributed by atoms with E-state index in [0.717, 1.165) is 19.4 Å². The van der Waals surface area contributed by atoms with Crippen molar-refractivity contribution in [1.29, 1.82) is 0 Å². The number of carbonyl (C=O) groups is 1. The molecule has 2 nitrogen and oxygen atoms in total. The Morgan fingerprint density at radius 2 is 2.33 bits per heavy atom. The number of hydrogen-bond donors (Lipinski definition) is 0. The smallest absolute Gasteiger partial charge is 0.253 e. The van der Waals surface area contributed by atoms with E-state index in [9.17, 15) is 9.18 Å². The lowest BCUT2D eigenvalue weighted by Gasteiger charge is -2.31. The quantitative estimate of drug-likeness (QED) is 0.755. The van der Waals surface area contributed by atoms with Crippen molar-refractivity contribution >= 4 is 17.5 Å². The van der Waals surface area contributed by atoms with Crippen LogP contribution in [-0.4, -0.2) is 29.8 Å². The minimum atomic E-state index is -0.327. The number of nitrogens with zero attached hydrogens (tertiary/aromatic N) is 1. The molecular formula is C14H17ClFNO. The summed E-state index contributed by atoms with van der Waals surface area (Å²) in [6, 6.07) is 4.65. The largest absolute Gasteiger partial charge is 0.338 e. The maximum absolute atomic E-state index is 13.5. The van der Waals surface area contributed by atoms with E-state index in [1.807, 2.05) is 0 Å². The molecule has 1 amide bonds. The third-order valence-corrected chi connectivity index (χ3v) is 3.88. The molecule has 18 heavy (non-hydrogen) atoms. The Kier molecular flexibility index (Phi) is 4.23. The van der Waals surface area contributed by atoms with E-state index < -0.39 is 0 Å². The average Bonchev–Trinajstić information content (AvgIpc) is 2.41. The number of halogens is 2. The lowest BCUT2D eigenvalue weighted by molar-refractivity contribution is 0.0684. The molecule has 1 unspecified atom stereocenters. The van der Waals surface area contributed by atoms with Gasteiger partial charge in [-0.3, -0.25) is 4.79 Å². The predicted octanol–water partition coefficient (Wildman–Crippen LogP) is 3.23. The van der Waals surface area contributed by atoms with Crippen molar-refractivity contribution in [3.05, 3.63) is 35.1 Å². The van der Waals surface area contributed by atoms with Crippen molar-refractivity contribution in [3.63, 3.8) is 0 Å². The summed E-state index contributed by atoms with van der Waals surface area (Å²) < 4.78 is 13.5. The first-order chi connectivity index (χ1) is 8.61. The van der Waals surface area contributed by atoms with Crippen LogP contribution >= 0.6 is 11.6 Å². The van der Waals surface area contributed by atoms with Crippen LogP contribution in [0.4, 0.5) is 4.39 Å². The number of benzene rings is 1. The van der Waals surface area contributed by atoms with E-state index >= 15 is 0 Å². The zero-order valence-electron chi connectivity index (χ0n) is 10.5. The van der Waals surface area contributed by atoms with Gasteiger partial charge in [0.1, 0.15) is 5.82 Å². The number of carbonyl (C=O) groups excluding carboxylic acids is 1. The van der Waals surface area contributed by atoms with Gasteiger partial charge in [0.25, 0.3) is 5.91 Å². The molecule has 0 spiro atoms. The summed E-state index contributed by atoms with van der Waals surface area (Å²) in [6.07, 6.45) is 2.03. The van der Waals surface area contributed by atoms with Crippen LogP contribution in [0.5, 0.6) is 0 Å². The van der Waals surface area contributed by atoms with Gasteiger partial charge in [-0.1, -0.05) is 6.07 Å². The Labute approximate surface area is 112 Å². The summed E-state index contributed by atoms with van der Waals surface area (Å²) in [5.41, 5.74) is 0.983. The predicted molar refractivity (Wildman–Crippen MR) is 70.5 cm³/mol. The number of rotatable bonds is 2. The molecule has 1 saturated heterocycles. The van der Waals surface area contributed by atoms with Crippen LogP contribution in [0, 0.1) is 18.7 Å². The first-order valence-electron chi connectivity index (χ1n) is 6.23. The van der Waals surface area contributed by atoms with Gasteiger partial charge in [0.05, 0.1) is 0 Å². The van der Waals surface area contributed by atoms with Crippen molar-refractivity contribution in [2.24, 2.45) is 5.92 Å². The summed E-state index contributed by atoms with van der Waals surface area (Å²) in [5, 5.41) is 0. The molecule has 0 aromatic heterocycles. The Hall–Kier alpha value is -1.09. The van der Waals surface area contributed by atoms with Gasteiger partial charge in [-0.15, -0.1) is 11.6 Å². The monoisotopic (exact) mass is 269 g/mol. The van der Waals surface area contributed by atoms with E-state index in [0.29, 0.717) is 29.5 Å². The van der Waals surface area contributed by atoms with Crippen molar-refractivity contribution in [3.8, 4) is 0 Å². The molecular weight excluding hydrogens is 253 g/mol. The molecule has 2 rings (SSSR count). The first kappa shape index (κ1) is 13.3. The maximum atomic E-state index is 13.5. The molecule has 1 aliphatic rings. The van der Waals surface area contributed by atoms with Gasteiger partial charge in [-0.2, -0.15) is 0 Å². The van der Waals surface area contributed by atoms with E-state index in [1.54, 1.807) is 24.0 Å². The Morgan fingerprint density at radius 1 is 1.56 bits per heavy atom. The molecule has 1 aromatic rings. The number of alkyl halides is 1. The molecule has 1 aromatic carbocycles. The van der Waals surface area contributed by atoms with Gasteiger partial charge in [0, 0.05) is 24.5 Å². The van der Waals surface area contributed by atoms with Crippen LogP contribution in [0.2, 0.25) is 0 Å². The maximum Gasteiger partial charge on any atom is 0.253 e. The number of amides is 1. The topological polar surface area (TPSA) is 20.3 Å². The highest BCUT2D eigenvalue weighted by atomic mass is 35.5. The molecule has 4 heteroatoms. The van der Waals surface area contributed by atoms with E-state index in [4.69, 9.17) is 11.6 Å².